The van der Waals surface area contributed by atoms with Crippen molar-refractivity contribution in [1.29, 1.82) is 0 Å². The Kier molecular flexibility index (Phi) is 4.22. The highest BCUT2D eigenvalue weighted by Crippen LogP contribution is 2.26. The van der Waals surface area contributed by atoms with Crippen molar-refractivity contribution in [1.82, 2.24) is 15.1 Å². The van der Waals surface area contributed by atoms with Crippen LogP contribution in [0.2, 0.25) is 0 Å². The number of nitrogens with zero attached hydrogens (tertiary/aromatic N) is 2. The molecule has 1 heterocycles. The van der Waals surface area contributed by atoms with Crippen LogP contribution in [0.3, 0.4) is 0 Å². The average Bonchev–Trinajstić information content (AvgIpc) is 2.82. The monoisotopic (exact) mass is 259 g/mol. The van der Waals surface area contributed by atoms with Gasteiger partial charge in [0.05, 0.1) is 18.8 Å². The summed E-state index contributed by atoms with van der Waals surface area (Å²) in [4.78, 5) is 0. The van der Waals surface area contributed by atoms with Crippen molar-refractivity contribution >= 4 is 0 Å². The van der Waals surface area contributed by atoms with Crippen LogP contribution in [0.4, 0.5) is 0 Å². The van der Waals surface area contributed by atoms with Crippen LogP contribution in [-0.2, 0) is 7.05 Å². The molecule has 2 rings (SSSR count). The number of benzene rings is 1. The Balaban J connectivity index is 2.39. The normalized spacial score (nSPS) is 12.4. The maximum atomic E-state index is 5.32. The Hall–Kier alpha value is -1.81. The second-order valence-corrected chi connectivity index (χ2v) is 4.60. The lowest BCUT2D eigenvalue weighted by Gasteiger charge is -2.20. The summed E-state index contributed by atoms with van der Waals surface area (Å²) in [5.74, 6) is 0.920. The molecule has 0 spiro atoms. The predicted octanol–water partition coefficient (Wildman–Crippen LogP) is 2.44. The smallest absolute Gasteiger partial charge is 0.121 e. The first-order chi connectivity index (χ1) is 9.17. The van der Waals surface area contributed by atoms with E-state index in [0.717, 1.165) is 23.6 Å². The largest absolute Gasteiger partial charge is 0.496 e. The molecule has 0 bridgehead atoms. The zero-order valence-corrected chi connectivity index (χ0v) is 12.0. The molecule has 19 heavy (non-hydrogen) atoms. The topological polar surface area (TPSA) is 39.1 Å². The third kappa shape index (κ3) is 2.79. The second kappa shape index (κ2) is 5.89. The number of aromatic nitrogens is 2. The minimum absolute atomic E-state index is 0.155. The highest BCUT2D eigenvalue weighted by atomic mass is 16.5. The number of methoxy groups -OCH3 is 1. The lowest BCUT2D eigenvalue weighted by atomic mass is 10.0. The van der Waals surface area contributed by atoms with Crippen LogP contribution in [0.5, 0.6) is 5.75 Å². The summed E-state index contributed by atoms with van der Waals surface area (Å²) in [7, 11) is 3.67. The fraction of sp³-hybridized carbons (Fsp3) is 0.400. The molecule has 0 saturated carbocycles. The van der Waals surface area contributed by atoms with Gasteiger partial charge in [0, 0.05) is 13.2 Å². The minimum atomic E-state index is 0.155. The molecule has 1 aromatic carbocycles. The van der Waals surface area contributed by atoms with Gasteiger partial charge >= 0.3 is 0 Å². The molecule has 0 aliphatic heterocycles. The van der Waals surface area contributed by atoms with Gasteiger partial charge < -0.3 is 10.1 Å². The summed E-state index contributed by atoms with van der Waals surface area (Å²) in [6, 6.07) is 8.49. The molecule has 1 atom stereocenters. The molecule has 102 valence electrons. The molecular formula is C15H21N3O. The van der Waals surface area contributed by atoms with E-state index in [4.69, 9.17) is 4.74 Å². The quantitative estimate of drug-likeness (QED) is 0.896. The summed E-state index contributed by atoms with van der Waals surface area (Å²) in [6.45, 7) is 5.08. The summed E-state index contributed by atoms with van der Waals surface area (Å²) in [5, 5.41) is 7.76. The first-order valence-corrected chi connectivity index (χ1v) is 6.53. The Bertz CT molecular complexity index is 548. The molecule has 4 nitrogen and oxygen atoms in total. The van der Waals surface area contributed by atoms with Gasteiger partial charge in [0.2, 0.25) is 0 Å². The van der Waals surface area contributed by atoms with Crippen molar-refractivity contribution in [3.8, 4) is 5.75 Å². The third-order valence-corrected chi connectivity index (χ3v) is 3.32. The molecule has 0 amide bonds. The van der Waals surface area contributed by atoms with Crippen LogP contribution < -0.4 is 10.1 Å². The van der Waals surface area contributed by atoms with Crippen LogP contribution in [0.15, 0.2) is 30.5 Å². The standard InChI is InChI=1S/C15H21N3O/c1-5-16-15(13-8-9-17-18(13)3)12-6-7-14(19-4)11(2)10-12/h6-10,15-16H,5H2,1-4H3. The number of ether oxygens (including phenoxy) is 1. The summed E-state index contributed by atoms with van der Waals surface area (Å²) in [6.07, 6.45) is 1.83. The van der Waals surface area contributed by atoms with Gasteiger partial charge in [0.1, 0.15) is 5.75 Å². The molecule has 0 fully saturated rings. The zero-order chi connectivity index (χ0) is 13.8. The molecule has 0 radical (unpaired) electrons. The van der Waals surface area contributed by atoms with E-state index in [0.29, 0.717) is 0 Å². The van der Waals surface area contributed by atoms with Crippen LogP contribution >= 0.6 is 0 Å². The SMILES string of the molecule is CCNC(c1ccc(OC)c(C)c1)c1ccnn1C. The number of rotatable bonds is 5. The molecule has 0 aliphatic carbocycles. The Labute approximate surface area is 114 Å². The third-order valence-electron chi connectivity index (χ3n) is 3.32. The van der Waals surface area contributed by atoms with Gasteiger partial charge in [0.25, 0.3) is 0 Å². The number of hydrogen-bond acceptors (Lipinski definition) is 3. The Morgan fingerprint density at radius 1 is 1.37 bits per heavy atom. The van der Waals surface area contributed by atoms with Crippen LogP contribution in [0.1, 0.15) is 29.8 Å². The van der Waals surface area contributed by atoms with Gasteiger partial charge in [-0.15, -0.1) is 0 Å². The minimum Gasteiger partial charge on any atom is -0.496 e. The van der Waals surface area contributed by atoms with E-state index in [1.54, 1.807) is 7.11 Å². The molecule has 2 aromatic rings. The summed E-state index contributed by atoms with van der Waals surface area (Å²) < 4.78 is 7.23. The van der Waals surface area contributed by atoms with Crippen LogP contribution in [0.25, 0.3) is 0 Å². The van der Waals surface area contributed by atoms with E-state index < -0.39 is 0 Å². The van der Waals surface area contributed by atoms with E-state index in [1.807, 2.05) is 30.1 Å². The van der Waals surface area contributed by atoms with Gasteiger partial charge in [-0.05, 0) is 36.7 Å². The van der Waals surface area contributed by atoms with Gasteiger partial charge in [-0.1, -0.05) is 19.1 Å². The molecule has 1 aromatic heterocycles. The van der Waals surface area contributed by atoms with E-state index in [9.17, 15) is 0 Å². The van der Waals surface area contributed by atoms with Crippen molar-refractivity contribution in [2.24, 2.45) is 7.05 Å². The molecule has 0 saturated heterocycles. The maximum Gasteiger partial charge on any atom is 0.121 e. The molecule has 1 N–H and O–H groups in total. The Morgan fingerprint density at radius 2 is 2.16 bits per heavy atom. The summed E-state index contributed by atoms with van der Waals surface area (Å²) in [5.41, 5.74) is 3.53. The first kappa shape index (κ1) is 13.6. The van der Waals surface area contributed by atoms with E-state index in [1.165, 1.54) is 5.56 Å². The fourth-order valence-electron chi connectivity index (χ4n) is 2.35. The highest BCUT2D eigenvalue weighted by Gasteiger charge is 2.17. The summed E-state index contributed by atoms with van der Waals surface area (Å²) >= 11 is 0. The van der Waals surface area contributed by atoms with Crippen molar-refractivity contribution < 1.29 is 4.74 Å². The van der Waals surface area contributed by atoms with Crippen molar-refractivity contribution in [3.63, 3.8) is 0 Å². The fourth-order valence-corrected chi connectivity index (χ4v) is 2.35. The number of nitrogens with one attached hydrogen (secondary N) is 1. The lowest BCUT2D eigenvalue weighted by Crippen LogP contribution is -2.24. The predicted molar refractivity (Wildman–Crippen MR) is 76.5 cm³/mol. The van der Waals surface area contributed by atoms with Crippen LogP contribution in [-0.4, -0.2) is 23.4 Å². The molecular weight excluding hydrogens is 238 g/mol. The van der Waals surface area contributed by atoms with E-state index in [2.05, 4.69) is 36.4 Å². The first-order valence-electron chi connectivity index (χ1n) is 6.53. The lowest BCUT2D eigenvalue weighted by molar-refractivity contribution is 0.411. The van der Waals surface area contributed by atoms with Crippen molar-refractivity contribution in [2.45, 2.75) is 19.9 Å². The zero-order valence-electron chi connectivity index (χ0n) is 12.0. The maximum absolute atomic E-state index is 5.32. The Morgan fingerprint density at radius 3 is 2.68 bits per heavy atom. The molecule has 0 aliphatic rings. The van der Waals surface area contributed by atoms with Crippen LogP contribution in [0, 0.1) is 6.92 Å². The molecule has 1 unspecified atom stereocenters. The number of aryl methyl sites for hydroxylation is 2. The van der Waals surface area contributed by atoms with E-state index in [-0.39, 0.29) is 6.04 Å². The number of hydrogen-bond donors (Lipinski definition) is 1. The average molecular weight is 259 g/mol. The van der Waals surface area contributed by atoms with E-state index >= 15 is 0 Å². The second-order valence-electron chi connectivity index (χ2n) is 4.60. The van der Waals surface area contributed by atoms with Crippen molar-refractivity contribution in [3.05, 3.63) is 47.3 Å². The van der Waals surface area contributed by atoms with Crippen molar-refractivity contribution in [2.75, 3.05) is 13.7 Å². The highest BCUT2D eigenvalue weighted by molar-refractivity contribution is 5.39. The van der Waals surface area contributed by atoms with Gasteiger partial charge in [0.15, 0.2) is 0 Å². The van der Waals surface area contributed by atoms with Gasteiger partial charge in [-0.25, -0.2) is 0 Å². The van der Waals surface area contributed by atoms with Gasteiger partial charge in [-0.2, -0.15) is 5.10 Å². The van der Waals surface area contributed by atoms with Gasteiger partial charge in [-0.3, -0.25) is 4.68 Å². The molecule has 4 heteroatoms.